The maximum Gasteiger partial charge on any atom is 0.101 e. The summed E-state index contributed by atoms with van der Waals surface area (Å²) in [4.78, 5) is 5.07. The number of rotatable bonds is 12. The number of hydrogen-bond donors (Lipinski definition) is 0. The molecule has 1 rings (SSSR count). The van der Waals surface area contributed by atoms with E-state index in [1.165, 1.54) is 70.8 Å². The van der Waals surface area contributed by atoms with Gasteiger partial charge in [-0.1, -0.05) is 58.8 Å². The van der Waals surface area contributed by atoms with Crippen molar-refractivity contribution in [3.05, 3.63) is 12.4 Å². The molecular formula is C18H36N2. The van der Waals surface area contributed by atoms with Gasteiger partial charge in [0.25, 0.3) is 0 Å². The SMILES string of the molecule is CCCCCCCCCC1N(CC)C=CN1CCCC. The number of unbranched alkanes of at least 4 members (excludes halogenated alkanes) is 7. The topological polar surface area (TPSA) is 6.48 Å². The highest BCUT2D eigenvalue weighted by atomic mass is 15.4. The van der Waals surface area contributed by atoms with Crippen LogP contribution in [0.3, 0.4) is 0 Å². The lowest BCUT2D eigenvalue weighted by Gasteiger charge is -2.32. The third kappa shape index (κ3) is 6.19. The molecule has 20 heavy (non-hydrogen) atoms. The minimum Gasteiger partial charge on any atom is -0.356 e. The van der Waals surface area contributed by atoms with Crippen LogP contribution in [0.5, 0.6) is 0 Å². The lowest BCUT2D eigenvalue weighted by Crippen LogP contribution is -2.38. The van der Waals surface area contributed by atoms with E-state index in [-0.39, 0.29) is 0 Å². The van der Waals surface area contributed by atoms with Gasteiger partial charge in [-0.05, 0) is 26.2 Å². The van der Waals surface area contributed by atoms with Gasteiger partial charge in [-0.3, -0.25) is 0 Å². The van der Waals surface area contributed by atoms with Crippen molar-refractivity contribution in [3.8, 4) is 0 Å². The van der Waals surface area contributed by atoms with Crippen LogP contribution in [0.15, 0.2) is 12.4 Å². The van der Waals surface area contributed by atoms with Gasteiger partial charge < -0.3 is 9.80 Å². The van der Waals surface area contributed by atoms with Crippen LogP contribution in [0.2, 0.25) is 0 Å². The van der Waals surface area contributed by atoms with Gasteiger partial charge in [-0.15, -0.1) is 0 Å². The van der Waals surface area contributed by atoms with Crippen molar-refractivity contribution >= 4 is 0 Å². The summed E-state index contributed by atoms with van der Waals surface area (Å²) in [5, 5.41) is 0. The van der Waals surface area contributed by atoms with Gasteiger partial charge in [0.15, 0.2) is 0 Å². The van der Waals surface area contributed by atoms with Gasteiger partial charge in [0.2, 0.25) is 0 Å². The zero-order valence-electron chi connectivity index (χ0n) is 14.1. The summed E-state index contributed by atoms with van der Waals surface area (Å²) in [5.74, 6) is 0. The minimum atomic E-state index is 0.641. The summed E-state index contributed by atoms with van der Waals surface area (Å²) in [5.41, 5.74) is 0. The molecule has 0 aromatic carbocycles. The monoisotopic (exact) mass is 280 g/mol. The molecule has 0 saturated carbocycles. The van der Waals surface area contributed by atoms with Crippen LogP contribution in [0.25, 0.3) is 0 Å². The molecule has 1 unspecified atom stereocenters. The van der Waals surface area contributed by atoms with Crippen LogP contribution in [-0.2, 0) is 0 Å². The Morgan fingerprint density at radius 2 is 1.30 bits per heavy atom. The van der Waals surface area contributed by atoms with Crippen molar-refractivity contribution in [3.63, 3.8) is 0 Å². The lowest BCUT2D eigenvalue weighted by molar-refractivity contribution is 0.143. The fraction of sp³-hybridized carbons (Fsp3) is 0.889. The lowest BCUT2D eigenvalue weighted by atomic mass is 10.1. The largest absolute Gasteiger partial charge is 0.356 e. The fourth-order valence-electron chi connectivity index (χ4n) is 3.06. The Bertz CT molecular complexity index is 250. The Labute approximate surface area is 127 Å². The van der Waals surface area contributed by atoms with Crippen LogP contribution in [0.4, 0.5) is 0 Å². The summed E-state index contributed by atoms with van der Waals surface area (Å²) >= 11 is 0. The van der Waals surface area contributed by atoms with Gasteiger partial charge in [0, 0.05) is 25.5 Å². The summed E-state index contributed by atoms with van der Waals surface area (Å²) in [6.45, 7) is 9.20. The second-order valence-corrected chi connectivity index (χ2v) is 6.11. The van der Waals surface area contributed by atoms with E-state index in [1.54, 1.807) is 0 Å². The van der Waals surface area contributed by atoms with Crippen molar-refractivity contribution in [1.82, 2.24) is 9.80 Å². The molecule has 118 valence electrons. The molecule has 0 radical (unpaired) electrons. The Morgan fingerprint density at radius 3 is 1.95 bits per heavy atom. The molecule has 0 fully saturated rings. The van der Waals surface area contributed by atoms with Crippen LogP contribution in [0.1, 0.15) is 85.0 Å². The van der Waals surface area contributed by atoms with Crippen molar-refractivity contribution in [2.45, 2.75) is 91.1 Å². The van der Waals surface area contributed by atoms with E-state index < -0.39 is 0 Å². The molecule has 0 bridgehead atoms. The number of nitrogens with zero attached hydrogens (tertiary/aromatic N) is 2. The highest BCUT2D eigenvalue weighted by Crippen LogP contribution is 2.22. The Morgan fingerprint density at radius 1 is 0.700 bits per heavy atom. The van der Waals surface area contributed by atoms with Crippen molar-refractivity contribution in [1.29, 1.82) is 0 Å². The van der Waals surface area contributed by atoms with Crippen LogP contribution in [-0.4, -0.2) is 29.1 Å². The van der Waals surface area contributed by atoms with Crippen molar-refractivity contribution in [2.75, 3.05) is 13.1 Å². The average Bonchev–Trinajstić information content (AvgIpc) is 2.86. The van der Waals surface area contributed by atoms with Crippen molar-refractivity contribution in [2.24, 2.45) is 0 Å². The Balaban J connectivity index is 2.17. The third-order valence-corrected chi connectivity index (χ3v) is 4.42. The molecule has 1 atom stereocenters. The standard InChI is InChI=1S/C18H36N2/c1-4-7-9-10-11-12-13-14-18-19(6-3)16-17-20(18)15-8-5-2/h16-18H,4-15H2,1-3H3. The summed E-state index contributed by atoms with van der Waals surface area (Å²) in [7, 11) is 0. The first kappa shape index (κ1) is 17.4. The molecule has 1 aliphatic rings. The molecule has 0 spiro atoms. The van der Waals surface area contributed by atoms with Gasteiger partial charge in [0.05, 0.1) is 0 Å². The van der Waals surface area contributed by atoms with Gasteiger partial charge in [-0.2, -0.15) is 0 Å². The Hall–Kier alpha value is -0.660. The predicted molar refractivity (Wildman–Crippen MR) is 89.5 cm³/mol. The first-order valence-electron chi connectivity index (χ1n) is 9.03. The van der Waals surface area contributed by atoms with E-state index in [1.807, 2.05) is 0 Å². The normalized spacial score (nSPS) is 18.2. The van der Waals surface area contributed by atoms with E-state index in [9.17, 15) is 0 Å². The first-order valence-corrected chi connectivity index (χ1v) is 9.03. The quantitative estimate of drug-likeness (QED) is 0.444. The molecule has 2 nitrogen and oxygen atoms in total. The second kappa shape index (κ2) is 11.0. The first-order chi connectivity index (χ1) is 9.83. The van der Waals surface area contributed by atoms with E-state index >= 15 is 0 Å². The van der Waals surface area contributed by atoms with E-state index in [4.69, 9.17) is 0 Å². The second-order valence-electron chi connectivity index (χ2n) is 6.11. The van der Waals surface area contributed by atoms with Crippen LogP contribution < -0.4 is 0 Å². The maximum absolute atomic E-state index is 2.56. The van der Waals surface area contributed by atoms with Crippen LogP contribution >= 0.6 is 0 Å². The zero-order valence-corrected chi connectivity index (χ0v) is 14.1. The maximum atomic E-state index is 2.56. The molecule has 0 amide bonds. The van der Waals surface area contributed by atoms with E-state index in [2.05, 4.69) is 43.0 Å². The van der Waals surface area contributed by atoms with Gasteiger partial charge in [0.1, 0.15) is 6.17 Å². The fourth-order valence-corrected chi connectivity index (χ4v) is 3.06. The average molecular weight is 281 g/mol. The predicted octanol–water partition coefficient (Wildman–Crippen LogP) is 5.36. The summed E-state index contributed by atoms with van der Waals surface area (Å²) in [6.07, 6.45) is 19.1. The molecule has 0 aromatic rings. The molecule has 1 heterocycles. The smallest absolute Gasteiger partial charge is 0.101 e. The highest BCUT2D eigenvalue weighted by Gasteiger charge is 2.23. The molecule has 1 aliphatic heterocycles. The molecule has 0 N–H and O–H groups in total. The molecular weight excluding hydrogens is 244 g/mol. The molecule has 0 aliphatic carbocycles. The number of hydrogen-bond acceptors (Lipinski definition) is 2. The van der Waals surface area contributed by atoms with E-state index in [0.717, 1.165) is 6.54 Å². The van der Waals surface area contributed by atoms with Crippen LogP contribution in [0, 0.1) is 0 Å². The highest BCUT2D eigenvalue weighted by molar-refractivity contribution is 4.96. The van der Waals surface area contributed by atoms with Gasteiger partial charge in [-0.25, -0.2) is 0 Å². The molecule has 0 saturated heterocycles. The molecule has 2 heteroatoms. The zero-order chi connectivity index (χ0) is 14.6. The van der Waals surface area contributed by atoms with Crippen molar-refractivity contribution < 1.29 is 0 Å². The summed E-state index contributed by atoms with van der Waals surface area (Å²) < 4.78 is 0. The third-order valence-electron chi connectivity index (χ3n) is 4.42. The van der Waals surface area contributed by atoms with Gasteiger partial charge >= 0.3 is 0 Å². The minimum absolute atomic E-state index is 0.641. The molecule has 0 aromatic heterocycles. The van der Waals surface area contributed by atoms with E-state index in [0.29, 0.717) is 6.17 Å². The summed E-state index contributed by atoms with van der Waals surface area (Å²) in [6, 6.07) is 0. The Kier molecular flexibility index (Phi) is 9.61.